The predicted molar refractivity (Wildman–Crippen MR) is 62.6 cm³/mol. The van der Waals surface area contributed by atoms with Crippen molar-refractivity contribution < 1.29 is 8.78 Å². The Hall–Kier alpha value is -1.49. The summed E-state index contributed by atoms with van der Waals surface area (Å²) < 4.78 is 26.4. The average Bonchev–Trinajstić information content (AvgIpc) is 2.56. The second-order valence-electron chi connectivity index (χ2n) is 5.07. The van der Waals surface area contributed by atoms with E-state index in [1.807, 2.05) is 20.8 Å². The van der Waals surface area contributed by atoms with Gasteiger partial charge in [-0.1, -0.05) is 0 Å². The predicted octanol–water partition coefficient (Wildman–Crippen LogP) is 2.73. The molecule has 0 saturated heterocycles. The largest absolute Gasteiger partial charge is 0.341 e. The molecule has 0 aliphatic heterocycles. The zero-order valence-electron chi connectivity index (χ0n) is 10.1. The van der Waals surface area contributed by atoms with Crippen molar-refractivity contribution in [1.82, 2.24) is 15.3 Å². The molecule has 0 spiro atoms. The number of rotatable bonds is 2. The fourth-order valence-electron chi connectivity index (χ4n) is 1.53. The number of H-pyrrole nitrogens is 1. The lowest BCUT2D eigenvalue weighted by Gasteiger charge is -2.19. The maximum Gasteiger partial charge on any atom is 0.153 e. The molecule has 17 heavy (non-hydrogen) atoms. The van der Waals surface area contributed by atoms with E-state index in [2.05, 4.69) is 15.3 Å². The maximum atomic E-state index is 13.4. The Morgan fingerprint density at radius 2 is 2.00 bits per heavy atom. The van der Waals surface area contributed by atoms with E-state index in [1.165, 1.54) is 6.07 Å². The second-order valence-corrected chi connectivity index (χ2v) is 5.07. The van der Waals surface area contributed by atoms with Crippen molar-refractivity contribution in [1.29, 1.82) is 0 Å². The van der Waals surface area contributed by atoms with Crippen LogP contribution in [0.5, 0.6) is 0 Å². The van der Waals surface area contributed by atoms with Crippen molar-refractivity contribution in [2.24, 2.45) is 0 Å². The molecule has 2 rings (SSSR count). The Kier molecular flexibility index (Phi) is 2.87. The molecule has 1 aromatic carbocycles. The van der Waals surface area contributed by atoms with Crippen LogP contribution in [0, 0.1) is 11.6 Å². The summed E-state index contributed by atoms with van der Waals surface area (Å²) in [5.41, 5.74) is 0.508. The molecule has 0 aliphatic carbocycles. The van der Waals surface area contributed by atoms with Gasteiger partial charge < -0.3 is 10.3 Å². The fraction of sp³-hybridized carbons (Fsp3) is 0.417. The molecule has 0 unspecified atom stereocenters. The number of benzene rings is 1. The smallest absolute Gasteiger partial charge is 0.153 e. The molecule has 1 aromatic heterocycles. The molecule has 0 atom stereocenters. The highest BCUT2D eigenvalue weighted by Gasteiger charge is 2.12. The van der Waals surface area contributed by atoms with E-state index < -0.39 is 11.6 Å². The van der Waals surface area contributed by atoms with Crippen LogP contribution in [-0.4, -0.2) is 15.5 Å². The summed E-state index contributed by atoms with van der Waals surface area (Å²) in [5.74, 6) is -0.647. The Morgan fingerprint density at radius 1 is 1.29 bits per heavy atom. The van der Waals surface area contributed by atoms with E-state index in [-0.39, 0.29) is 11.1 Å². The van der Waals surface area contributed by atoms with Crippen molar-refractivity contribution >= 4 is 11.0 Å². The number of nitrogens with one attached hydrogen (secondary N) is 2. The molecule has 0 fully saturated rings. The van der Waals surface area contributed by atoms with Gasteiger partial charge in [0.05, 0.1) is 12.1 Å². The Labute approximate surface area is 98.2 Å². The zero-order chi connectivity index (χ0) is 12.6. The molecule has 0 radical (unpaired) electrons. The third-order valence-electron chi connectivity index (χ3n) is 2.34. The summed E-state index contributed by atoms with van der Waals surface area (Å²) in [6, 6.07) is 2.08. The van der Waals surface area contributed by atoms with Crippen molar-refractivity contribution in [2.45, 2.75) is 32.9 Å². The van der Waals surface area contributed by atoms with E-state index in [0.717, 1.165) is 6.07 Å². The van der Waals surface area contributed by atoms with Crippen molar-refractivity contribution in [3.05, 3.63) is 29.6 Å². The molecule has 2 aromatic rings. The highest BCUT2D eigenvalue weighted by molar-refractivity contribution is 5.75. The molecule has 92 valence electrons. The van der Waals surface area contributed by atoms with Crippen LogP contribution in [0.1, 0.15) is 26.6 Å². The van der Waals surface area contributed by atoms with Crippen LogP contribution in [0.3, 0.4) is 0 Å². The van der Waals surface area contributed by atoms with Crippen molar-refractivity contribution in [3.8, 4) is 0 Å². The van der Waals surface area contributed by atoms with E-state index >= 15 is 0 Å². The van der Waals surface area contributed by atoms with Crippen LogP contribution in [0.15, 0.2) is 12.1 Å². The minimum atomic E-state index is -0.641. The molecule has 0 saturated carbocycles. The standard InChI is InChI=1S/C12H15F2N3/c1-12(2,3)15-6-10-16-9-5-7(13)4-8(14)11(9)17-10/h4-5,15H,6H2,1-3H3,(H,16,17). The number of nitrogens with zero attached hydrogens (tertiary/aromatic N) is 1. The SMILES string of the molecule is CC(C)(C)NCc1nc2c(F)cc(F)cc2[nH]1. The van der Waals surface area contributed by atoms with Crippen molar-refractivity contribution in [3.63, 3.8) is 0 Å². The van der Waals surface area contributed by atoms with E-state index in [9.17, 15) is 8.78 Å². The van der Waals surface area contributed by atoms with Gasteiger partial charge in [-0.05, 0) is 26.8 Å². The monoisotopic (exact) mass is 239 g/mol. The van der Waals surface area contributed by atoms with Gasteiger partial charge in [-0.15, -0.1) is 0 Å². The highest BCUT2D eigenvalue weighted by atomic mass is 19.1. The van der Waals surface area contributed by atoms with Gasteiger partial charge in [0.15, 0.2) is 5.82 Å². The van der Waals surface area contributed by atoms with Crippen LogP contribution in [0.25, 0.3) is 11.0 Å². The molecular formula is C12H15F2N3. The number of hydrogen-bond acceptors (Lipinski definition) is 2. The van der Waals surface area contributed by atoms with Crippen molar-refractivity contribution in [2.75, 3.05) is 0 Å². The number of aromatic amines is 1. The lowest BCUT2D eigenvalue weighted by Crippen LogP contribution is -2.35. The summed E-state index contributed by atoms with van der Waals surface area (Å²) in [7, 11) is 0. The first-order valence-electron chi connectivity index (χ1n) is 5.44. The summed E-state index contributed by atoms with van der Waals surface area (Å²) in [6.07, 6.45) is 0. The summed E-state index contributed by atoms with van der Waals surface area (Å²) in [5, 5.41) is 3.22. The van der Waals surface area contributed by atoms with Gasteiger partial charge in [0.1, 0.15) is 17.2 Å². The first-order valence-corrected chi connectivity index (χ1v) is 5.44. The summed E-state index contributed by atoms with van der Waals surface area (Å²) in [4.78, 5) is 6.99. The van der Waals surface area contributed by atoms with Gasteiger partial charge >= 0.3 is 0 Å². The number of fused-ring (bicyclic) bond motifs is 1. The van der Waals surface area contributed by atoms with E-state index in [0.29, 0.717) is 17.9 Å². The quantitative estimate of drug-likeness (QED) is 0.846. The zero-order valence-corrected chi connectivity index (χ0v) is 10.1. The third kappa shape index (κ3) is 2.79. The molecule has 5 heteroatoms. The Morgan fingerprint density at radius 3 is 2.65 bits per heavy atom. The van der Waals surface area contributed by atoms with Crippen LogP contribution >= 0.6 is 0 Å². The Bertz CT molecular complexity index is 540. The van der Waals surface area contributed by atoms with Gasteiger partial charge in [-0.25, -0.2) is 13.8 Å². The van der Waals surface area contributed by atoms with E-state index in [1.54, 1.807) is 0 Å². The third-order valence-corrected chi connectivity index (χ3v) is 2.34. The Balaban J connectivity index is 2.29. The lowest BCUT2D eigenvalue weighted by molar-refractivity contribution is 0.419. The fourth-order valence-corrected chi connectivity index (χ4v) is 1.53. The molecule has 0 aliphatic rings. The highest BCUT2D eigenvalue weighted by Crippen LogP contribution is 2.17. The number of halogens is 2. The van der Waals surface area contributed by atoms with Gasteiger partial charge in [-0.3, -0.25) is 0 Å². The molecule has 3 nitrogen and oxygen atoms in total. The molecule has 1 heterocycles. The first-order chi connectivity index (χ1) is 7.85. The van der Waals surface area contributed by atoms with Crippen LogP contribution in [0.4, 0.5) is 8.78 Å². The minimum absolute atomic E-state index is 0.0528. The van der Waals surface area contributed by atoms with Gasteiger partial charge in [0.2, 0.25) is 0 Å². The minimum Gasteiger partial charge on any atom is -0.341 e. The molecular weight excluding hydrogens is 224 g/mol. The van der Waals surface area contributed by atoms with Crippen LogP contribution in [0.2, 0.25) is 0 Å². The molecule has 0 bridgehead atoms. The average molecular weight is 239 g/mol. The lowest BCUT2D eigenvalue weighted by atomic mass is 10.1. The summed E-state index contributed by atoms with van der Waals surface area (Å²) >= 11 is 0. The number of imidazole rings is 1. The van der Waals surface area contributed by atoms with Crippen LogP contribution in [-0.2, 0) is 6.54 Å². The topological polar surface area (TPSA) is 40.7 Å². The second kappa shape index (κ2) is 4.07. The number of aromatic nitrogens is 2. The maximum absolute atomic E-state index is 13.4. The normalized spacial score (nSPS) is 12.3. The van der Waals surface area contributed by atoms with Gasteiger partial charge in [0.25, 0.3) is 0 Å². The molecule has 0 amide bonds. The van der Waals surface area contributed by atoms with E-state index in [4.69, 9.17) is 0 Å². The first kappa shape index (κ1) is 12.0. The summed E-state index contributed by atoms with van der Waals surface area (Å²) in [6.45, 7) is 6.56. The molecule has 2 N–H and O–H groups in total. The van der Waals surface area contributed by atoms with Gasteiger partial charge in [-0.2, -0.15) is 0 Å². The van der Waals surface area contributed by atoms with Crippen LogP contribution < -0.4 is 5.32 Å². The number of hydrogen-bond donors (Lipinski definition) is 2. The van der Waals surface area contributed by atoms with Gasteiger partial charge in [0, 0.05) is 11.6 Å².